The van der Waals surface area contributed by atoms with Crippen LogP contribution in [0.5, 0.6) is 0 Å². The average molecular weight is 200 g/mol. The number of rotatable bonds is 4. The summed E-state index contributed by atoms with van der Waals surface area (Å²) in [5, 5.41) is 14.4. The minimum Gasteiger partial charge on any atom is -0.281 e. The largest absolute Gasteiger partial charge is 0.281 e. The summed E-state index contributed by atoms with van der Waals surface area (Å²) in [4.78, 5) is 0. The average Bonchev–Trinajstić information content (AvgIpc) is 2.52. The number of nitriles is 1. The molecule has 1 aromatic rings. The van der Waals surface area contributed by atoms with E-state index < -0.39 is 15.8 Å². The summed E-state index contributed by atoms with van der Waals surface area (Å²) in [7, 11) is -3.47. The zero-order chi connectivity index (χ0) is 9.73. The fourth-order valence-electron chi connectivity index (χ4n) is 0.707. The van der Waals surface area contributed by atoms with E-state index >= 15 is 0 Å². The molecule has 13 heavy (non-hydrogen) atoms. The van der Waals surface area contributed by atoms with Crippen molar-refractivity contribution in [2.75, 3.05) is 5.75 Å². The van der Waals surface area contributed by atoms with E-state index in [0.717, 1.165) is 0 Å². The molecule has 0 aliphatic carbocycles. The molecule has 0 bridgehead atoms. The Morgan fingerprint density at radius 2 is 2.46 bits per heavy atom. The molecule has 1 rings (SSSR count). The quantitative estimate of drug-likeness (QED) is 0.674. The van der Waals surface area contributed by atoms with E-state index in [1.54, 1.807) is 12.1 Å². The molecule has 0 aliphatic heterocycles. The molecule has 0 aromatic carbocycles. The van der Waals surface area contributed by atoms with Gasteiger partial charge >= 0.3 is 0 Å². The Morgan fingerprint density at radius 1 is 1.69 bits per heavy atom. The van der Waals surface area contributed by atoms with Crippen LogP contribution in [0.15, 0.2) is 12.3 Å². The van der Waals surface area contributed by atoms with Gasteiger partial charge in [-0.1, -0.05) is 0 Å². The van der Waals surface area contributed by atoms with E-state index in [1.165, 1.54) is 6.20 Å². The van der Waals surface area contributed by atoms with Gasteiger partial charge in [-0.2, -0.15) is 10.4 Å². The summed E-state index contributed by atoms with van der Waals surface area (Å²) in [5.41, 5.74) is 0.654. The predicted octanol–water partition coefficient (Wildman–Crippen LogP) is -0.647. The van der Waals surface area contributed by atoms with Crippen LogP contribution in [0.3, 0.4) is 0 Å². The first kappa shape index (κ1) is 9.70. The van der Waals surface area contributed by atoms with E-state index in [2.05, 4.69) is 14.9 Å². The molecular weight excluding hydrogens is 192 g/mol. The van der Waals surface area contributed by atoms with Crippen LogP contribution in [0.2, 0.25) is 0 Å². The maximum Gasteiger partial charge on any atom is 0.225 e. The molecule has 6 nitrogen and oxygen atoms in total. The van der Waals surface area contributed by atoms with Crippen LogP contribution in [-0.2, 0) is 16.6 Å². The standard InChI is InChI=1S/C6H8N4O2S/c7-2-4-13(11,12)9-5-6-1-3-8-10-6/h1,3,9H,4-5H2,(H,8,10). The molecule has 1 heterocycles. The first-order valence-corrected chi connectivity index (χ1v) is 5.12. The molecule has 0 atom stereocenters. The summed E-state index contributed by atoms with van der Waals surface area (Å²) in [5.74, 6) is -0.527. The second-order valence-electron chi connectivity index (χ2n) is 2.32. The van der Waals surface area contributed by atoms with Gasteiger partial charge < -0.3 is 0 Å². The summed E-state index contributed by atoms with van der Waals surface area (Å²) in [6, 6.07) is 3.21. The lowest BCUT2D eigenvalue weighted by Gasteiger charge is -1.99. The molecule has 0 unspecified atom stereocenters. The molecule has 0 saturated heterocycles. The normalized spacial score (nSPS) is 11.0. The number of nitrogens with zero attached hydrogens (tertiary/aromatic N) is 2. The van der Waals surface area contributed by atoms with Crippen molar-refractivity contribution >= 4 is 10.0 Å². The minimum atomic E-state index is -3.47. The Balaban J connectivity index is 2.49. The molecule has 0 radical (unpaired) electrons. The monoisotopic (exact) mass is 200 g/mol. The zero-order valence-corrected chi connectivity index (χ0v) is 7.50. The van der Waals surface area contributed by atoms with Crippen molar-refractivity contribution in [3.05, 3.63) is 18.0 Å². The number of hydrogen-bond acceptors (Lipinski definition) is 4. The summed E-state index contributed by atoms with van der Waals surface area (Å²) in [6.07, 6.45) is 1.52. The van der Waals surface area contributed by atoms with Crippen molar-refractivity contribution in [3.63, 3.8) is 0 Å². The Labute approximate surface area is 75.6 Å². The van der Waals surface area contributed by atoms with Gasteiger partial charge in [-0.3, -0.25) is 5.10 Å². The molecule has 1 aromatic heterocycles. The first-order chi connectivity index (χ1) is 6.14. The van der Waals surface area contributed by atoms with Crippen LogP contribution in [0.25, 0.3) is 0 Å². The van der Waals surface area contributed by atoms with E-state index in [4.69, 9.17) is 5.26 Å². The Kier molecular flexibility index (Phi) is 3.00. The van der Waals surface area contributed by atoms with E-state index in [0.29, 0.717) is 5.69 Å². The highest BCUT2D eigenvalue weighted by Crippen LogP contribution is 1.92. The fraction of sp³-hybridized carbons (Fsp3) is 0.333. The summed E-state index contributed by atoms with van der Waals surface area (Å²) >= 11 is 0. The van der Waals surface area contributed by atoms with Crippen LogP contribution in [0.4, 0.5) is 0 Å². The van der Waals surface area contributed by atoms with E-state index in [9.17, 15) is 8.42 Å². The van der Waals surface area contributed by atoms with Gasteiger partial charge in [-0.15, -0.1) is 0 Å². The Bertz CT molecular complexity index is 389. The van der Waals surface area contributed by atoms with Crippen molar-refractivity contribution in [3.8, 4) is 6.07 Å². The Hall–Kier alpha value is -1.39. The summed E-state index contributed by atoms with van der Waals surface area (Å²) < 4.78 is 24.2. The van der Waals surface area contributed by atoms with E-state index in [1.807, 2.05) is 0 Å². The highest BCUT2D eigenvalue weighted by atomic mass is 32.2. The fourth-order valence-corrected chi connectivity index (χ4v) is 1.35. The SMILES string of the molecule is N#CCS(=O)(=O)NCc1ccn[nH]1. The first-order valence-electron chi connectivity index (χ1n) is 3.46. The number of aromatic amines is 1. The van der Waals surface area contributed by atoms with E-state index in [-0.39, 0.29) is 6.54 Å². The predicted molar refractivity (Wildman–Crippen MR) is 44.8 cm³/mol. The number of nitrogens with one attached hydrogen (secondary N) is 2. The number of hydrogen-bond donors (Lipinski definition) is 2. The van der Waals surface area contributed by atoms with Crippen LogP contribution in [-0.4, -0.2) is 24.4 Å². The van der Waals surface area contributed by atoms with Gasteiger partial charge in [0.15, 0.2) is 5.75 Å². The van der Waals surface area contributed by atoms with Crippen molar-refractivity contribution in [2.24, 2.45) is 0 Å². The molecule has 0 fully saturated rings. The van der Waals surface area contributed by atoms with Gasteiger partial charge in [0.05, 0.1) is 18.3 Å². The molecule has 0 aliphatic rings. The molecule has 2 N–H and O–H groups in total. The van der Waals surface area contributed by atoms with Crippen LogP contribution in [0, 0.1) is 11.3 Å². The second-order valence-corrected chi connectivity index (χ2v) is 4.13. The van der Waals surface area contributed by atoms with Crippen LogP contribution >= 0.6 is 0 Å². The molecule has 7 heteroatoms. The highest BCUT2D eigenvalue weighted by molar-refractivity contribution is 7.89. The second kappa shape index (κ2) is 4.02. The topological polar surface area (TPSA) is 98.6 Å². The molecule has 0 saturated carbocycles. The minimum absolute atomic E-state index is 0.129. The maximum absolute atomic E-state index is 11.0. The lowest BCUT2D eigenvalue weighted by Crippen LogP contribution is -2.25. The lowest BCUT2D eigenvalue weighted by atomic mass is 10.4. The van der Waals surface area contributed by atoms with Gasteiger partial charge in [-0.25, -0.2) is 13.1 Å². The molecule has 0 amide bonds. The maximum atomic E-state index is 11.0. The lowest BCUT2D eigenvalue weighted by molar-refractivity contribution is 0.584. The molecular formula is C6H8N4O2S. The smallest absolute Gasteiger partial charge is 0.225 e. The van der Waals surface area contributed by atoms with Gasteiger partial charge in [0.2, 0.25) is 10.0 Å². The van der Waals surface area contributed by atoms with Crippen molar-refractivity contribution in [1.82, 2.24) is 14.9 Å². The number of H-pyrrole nitrogens is 1. The van der Waals surface area contributed by atoms with Gasteiger partial charge in [0.1, 0.15) is 0 Å². The van der Waals surface area contributed by atoms with Crippen LogP contribution < -0.4 is 4.72 Å². The Morgan fingerprint density at radius 3 is 3.00 bits per heavy atom. The van der Waals surface area contributed by atoms with Crippen LogP contribution in [0.1, 0.15) is 5.69 Å². The summed E-state index contributed by atoms with van der Waals surface area (Å²) in [6.45, 7) is 0.129. The van der Waals surface area contributed by atoms with Gasteiger partial charge in [0.25, 0.3) is 0 Å². The van der Waals surface area contributed by atoms with Gasteiger partial charge in [-0.05, 0) is 6.07 Å². The third-order valence-corrected chi connectivity index (χ3v) is 2.39. The third-order valence-electron chi connectivity index (χ3n) is 1.30. The zero-order valence-electron chi connectivity index (χ0n) is 6.69. The molecule has 0 spiro atoms. The van der Waals surface area contributed by atoms with Crippen molar-refractivity contribution < 1.29 is 8.42 Å². The van der Waals surface area contributed by atoms with Crippen molar-refractivity contribution in [2.45, 2.75) is 6.54 Å². The van der Waals surface area contributed by atoms with Crippen molar-refractivity contribution in [1.29, 1.82) is 5.26 Å². The highest BCUT2D eigenvalue weighted by Gasteiger charge is 2.08. The number of aromatic nitrogens is 2. The molecule has 70 valence electrons. The number of sulfonamides is 1. The third kappa shape index (κ3) is 3.23. The van der Waals surface area contributed by atoms with Gasteiger partial charge in [0, 0.05) is 6.20 Å².